The van der Waals surface area contributed by atoms with E-state index in [1.807, 2.05) is 46.7 Å². The van der Waals surface area contributed by atoms with Gasteiger partial charge in [-0.2, -0.15) is 0 Å². The molecule has 0 spiro atoms. The first kappa shape index (κ1) is 21.4. The number of fused-ring (bicyclic) bond motifs is 1. The zero-order chi connectivity index (χ0) is 22.8. The maximum Gasteiger partial charge on any atom is 0.236 e. The van der Waals surface area contributed by atoms with E-state index < -0.39 is 0 Å². The first-order chi connectivity index (χ1) is 16.1. The van der Waals surface area contributed by atoms with Crippen molar-refractivity contribution in [2.24, 2.45) is 0 Å². The quantitative estimate of drug-likeness (QED) is 0.408. The third-order valence-electron chi connectivity index (χ3n) is 5.98. The smallest absolute Gasteiger partial charge is 0.236 e. The lowest BCUT2D eigenvalue weighted by molar-refractivity contribution is -0.131. The van der Waals surface area contributed by atoms with Crippen molar-refractivity contribution in [2.75, 3.05) is 6.54 Å². The van der Waals surface area contributed by atoms with E-state index in [2.05, 4.69) is 52.4 Å². The summed E-state index contributed by atoms with van der Waals surface area (Å²) >= 11 is 1.45. The zero-order valence-electron chi connectivity index (χ0n) is 18.7. The van der Waals surface area contributed by atoms with Crippen LogP contribution in [0.4, 0.5) is 0 Å². The molecule has 1 amide bonds. The zero-order valence-corrected chi connectivity index (χ0v) is 19.5. The Morgan fingerprint density at radius 2 is 1.79 bits per heavy atom. The van der Waals surface area contributed by atoms with Gasteiger partial charge in [-0.1, -0.05) is 54.2 Å². The second kappa shape index (κ2) is 9.19. The number of aromatic nitrogens is 4. The van der Waals surface area contributed by atoms with E-state index in [9.17, 15) is 4.79 Å². The lowest BCUT2D eigenvalue weighted by Crippen LogP contribution is -2.40. The Labute approximate surface area is 197 Å². The number of nitrogens with zero attached hydrogens (tertiary/aromatic N) is 5. The van der Waals surface area contributed by atoms with E-state index in [1.165, 1.54) is 22.9 Å². The highest BCUT2D eigenvalue weighted by Gasteiger charge is 2.28. The van der Waals surface area contributed by atoms with Crippen LogP contribution in [-0.2, 0) is 17.8 Å². The summed E-state index contributed by atoms with van der Waals surface area (Å²) in [6, 6.07) is 20.4. The molecule has 0 radical (unpaired) electrons. The van der Waals surface area contributed by atoms with Crippen LogP contribution in [0.5, 0.6) is 0 Å². The Bertz CT molecular complexity index is 1290. The van der Waals surface area contributed by atoms with Crippen LogP contribution in [0.25, 0.3) is 17.1 Å². The van der Waals surface area contributed by atoms with Crippen molar-refractivity contribution in [2.45, 2.75) is 37.2 Å². The van der Waals surface area contributed by atoms with Gasteiger partial charge in [-0.15, -0.1) is 10.2 Å². The van der Waals surface area contributed by atoms with Crippen molar-refractivity contribution in [1.29, 1.82) is 0 Å². The number of para-hydroxylation sites is 1. The van der Waals surface area contributed by atoms with E-state index in [0.29, 0.717) is 17.5 Å². The van der Waals surface area contributed by atoms with Crippen LogP contribution < -0.4 is 0 Å². The van der Waals surface area contributed by atoms with Crippen LogP contribution in [0, 0.1) is 6.92 Å². The molecule has 6 nitrogen and oxygen atoms in total. The minimum atomic E-state index is -0.288. The maximum atomic E-state index is 13.3. The Balaban J connectivity index is 1.44. The summed E-state index contributed by atoms with van der Waals surface area (Å²) in [6.07, 6.45) is 4.42. The number of amides is 1. The molecule has 0 fully saturated rings. The van der Waals surface area contributed by atoms with Gasteiger partial charge in [0.05, 0.1) is 10.9 Å². The molecule has 0 bridgehead atoms. The predicted molar refractivity (Wildman–Crippen MR) is 130 cm³/mol. The molecule has 33 heavy (non-hydrogen) atoms. The van der Waals surface area contributed by atoms with Gasteiger partial charge in [0.2, 0.25) is 5.91 Å². The molecule has 1 aliphatic heterocycles. The van der Waals surface area contributed by atoms with Gasteiger partial charge in [0.15, 0.2) is 11.0 Å². The largest absolute Gasteiger partial charge is 0.337 e. The Kier molecular flexibility index (Phi) is 5.96. The van der Waals surface area contributed by atoms with Crippen LogP contribution in [0.3, 0.4) is 0 Å². The van der Waals surface area contributed by atoms with E-state index in [1.54, 1.807) is 12.4 Å². The van der Waals surface area contributed by atoms with Crippen LogP contribution in [0.2, 0.25) is 0 Å². The summed E-state index contributed by atoms with van der Waals surface area (Å²) in [5.41, 5.74) is 5.55. The topological polar surface area (TPSA) is 63.9 Å². The number of thioether (sulfide) groups is 1. The predicted octanol–water partition coefficient (Wildman–Crippen LogP) is 4.70. The van der Waals surface area contributed by atoms with Crippen molar-refractivity contribution < 1.29 is 4.79 Å². The molecule has 0 N–H and O–H groups in total. The average Bonchev–Trinajstić information content (AvgIpc) is 3.27. The molecule has 1 unspecified atom stereocenters. The van der Waals surface area contributed by atoms with Gasteiger partial charge in [0.25, 0.3) is 0 Å². The minimum absolute atomic E-state index is 0.122. The summed E-state index contributed by atoms with van der Waals surface area (Å²) in [5, 5.41) is 9.38. The molecule has 2 aromatic carbocycles. The van der Waals surface area contributed by atoms with Gasteiger partial charge in [-0.3, -0.25) is 14.3 Å². The number of hydrogen-bond acceptors (Lipinski definition) is 5. The molecule has 166 valence electrons. The molecule has 0 saturated carbocycles. The molecule has 3 heterocycles. The molecule has 4 aromatic rings. The van der Waals surface area contributed by atoms with Gasteiger partial charge < -0.3 is 4.90 Å². The molecule has 1 aliphatic rings. The number of benzene rings is 2. The third-order valence-corrected chi connectivity index (χ3v) is 7.01. The van der Waals surface area contributed by atoms with Crippen LogP contribution >= 0.6 is 11.8 Å². The van der Waals surface area contributed by atoms with Gasteiger partial charge in [0.1, 0.15) is 0 Å². The van der Waals surface area contributed by atoms with Gasteiger partial charge in [-0.05, 0) is 55.2 Å². The van der Waals surface area contributed by atoms with Gasteiger partial charge in [0, 0.05) is 31.0 Å². The second-order valence-corrected chi connectivity index (χ2v) is 9.52. The number of aryl methyl sites for hydroxylation is 1. The number of hydrogen-bond donors (Lipinski definition) is 0. The Morgan fingerprint density at radius 1 is 1.00 bits per heavy atom. The highest BCUT2D eigenvalue weighted by atomic mass is 32.2. The summed E-state index contributed by atoms with van der Waals surface area (Å²) in [6.45, 7) is 5.42. The SMILES string of the molecule is Cc1ccccc1-n1c(SC(C)C(=O)N2CCc3ccccc3C2)nnc1-c1cccnc1. The van der Waals surface area contributed by atoms with E-state index in [0.717, 1.165) is 29.8 Å². The van der Waals surface area contributed by atoms with Crippen molar-refractivity contribution in [1.82, 2.24) is 24.6 Å². The van der Waals surface area contributed by atoms with Crippen LogP contribution in [-0.4, -0.2) is 42.4 Å². The fraction of sp³-hybridized carbons (Fsp3) is 0.231. The molecular formula is C26H25N5OS. The first-order valence-electron chi connectivity index (χ1n) is 11.1. The van der Waals surface area contributed by atoms with Gasteiger partial charge >= 0.3 is 0 Å². The second-order valence-electron chi connectivity index (χ2n) is 8.21. The molecular weight excluding hydrogens is 430 g/mol. The van der Waals surface area contributed by atoms with Crippen molar-refractivity contribution >= 4 is 17.7 Å². The molecule has 0 aliphatic carbocycles. The van der Waals surface area contributed by atoms with Crippen molar-refractivity contribution in [3.8, 4) is 17.1 Å². The van der Waals surface area contributed by atoms with Crippen molar-refractivity contribution in [3.63, 3.8) is 0 Å². The first-order valence-corrected chi connectivity index (χ1v) is 11.9. The van der Waals surface area contributed by atoms with E-state index in [-0.39, 0.29) is 11.2 Å². The van der Waals surface area contributed by atoms with Crippen molar-refractivity contribution in [3.05, 3.63) is 89.7 Å². The summed E-state index contributed by atoms with van der Waals surface area (Å²) in [5.74, 6) is 0.836. The standard InChI is InChI=1S/C26H25N5OS/c1-18-8-3-6-12-23(18)31-24(21-11-7-14-27-16-21)28-29-26(31)33-19(2)25(32)30-15-13-20-9-4-5-10-22(20)17-30/h3-12,14,16,19H,13,15,17H2,1-2H3. The van der Waals surface area contributed by atoms with E-state index >= 15 is 0 Å². The fourth-order valence-corrected chi connectivity index (χ4v) is 5.15. The normalized spacial score (nSPS) is 14.1. The highest BCUT2D eigenvalue weighted by molar-refractivity contribution is 8.00. The highest BCUT2D eigenvalue weighted by Crippen LogP contribution is 2.32. The maximum absolute atomic E-state index is 13.3. The van der Waals surface area contributed by atoms with Crippen LogP contribution in [0.15, 0.2) is 78.2 Å². The third kappa shape index (κ3) is 4.28. The summed E-state index contributed by atoms with van der Waals surface area (Å²) in [4.78, 5) is 19.5. The Hall–Kier alpha value is -3.45. The van der Waals surface area contributed by atoms with Crippen LogP contribution in [0.1, 0.15) is 23.6 Å². The minimum Gasteiger partial charge on any atom is -0.337 e. The number of rotatable bonds is 5. The monoisotopic (exact) mass is 455 g/mol. The number of pyridine rings is 1. The molecule has 5 rings (SSSR count). The number of carbonyl (C=O) groups is 1. The van der Waals surface area contributed by atoms with E-state index in [4.69, 9.17) is 0 Å². The summed E-state index contributed by atoms with van der Waals surface area (Å²) < 4.78 is 2.03. The van der Waals surface area contributed by atoms with Gasteiger partial charge in [-0.25, -0.2) is 0 Å². The lowest BCUT2D eigenvalue weighted by Gasteiger charge is -2.30. The lowest BCUT2D eigenvalue weighted by atomic mass is 10.00. The summed E-state index contributed by atoms with van der Waals surface area (Å²) in [7, 11) is 0. The molecule has 0 saturated heterocycles. The number of carbonyl (C=O) groups excluding carboxylic acids is 1. The fourth-order valence-electron chi connectivity index (χ4n) is 4.21. The molecule has 7 heteroatoms. The average molecular weight is 456 g/mol. The Morgan fingerprint density at radius 3 is 2.58 bits per heavy atom. The molecule has 1 atom stereocenters. The molecule has 2 aromatic heterocycles.